The molecule has 42 heavy (non-hydrogen) atoms. The molecule has 0 saturated heterocycles. The Bertz CT molecular complexity index is 1910. The number of fused-ring (bicyclic) bond motifs is 4. The van der Waals surface area contributed by atoms with Crippen molar-refractivity contribution in [2.75, 3.05) is 11.8 Å². The van der Waals surface area contributed by atoms with E-state index in [1.807, 2.05) is 12.1 Å². The van der Waals surface area contributed by atoms with E-state index in [4.69, 9.17) is 13.1 Å². The summed E-state index contributed by atoms with van der Waals surface area (Å²) in [6, 6.07) is 31.9. The molecule has 0 N–H and O–H groups in total. The maximum absolute atomic E-state index is 7.01. The Morgan fingerprint density at radius 1 is 0.643 bits per heavy atom. The van der Waals surface area contributed by atoms with Crippen LogP contribution >= 0.6 is 8.16 Å². The van der Waals surface area contributed by atoms with Gasteiger partial charge in [0.15, 0.2) is 0 Å². The van der Waals surface area contributed by atoms with Crippen molar-refractivity contribution in [1.82, 2.24) is 0 Å². The zero-order valence-electron chi connectivity index (χ0n) is 25.4. The molecule has 0 spiro atoms. The summed E-state index contributed by atoms with van der Waals surface area (Å²) in [7, 11) is 0.144. The van der Waals surface area contributed by atoms with Gasteiger partial charge in [-0.3, -0.25) is 0 Å². The number of benzene rings is 5. The van der Waals surface area contributed by atoms with Gasteiger partial charge in [-0.05, 0) is 104 Å². The van der Waals surface area contributed by atoms with Crippen molar-refractivity contribution in [3.05, 3.63) is 124 Å². The molecule has 0 bridgehead atoms. The first-order valence-corrected chi connectivity index (χ1v) is 15.7. The Hall–Kier alpha value is -3.98. The predicted molar refractivity (Wildman–Crippen MR) is 177 cm³/mol. The van der Waals surface area contributed by atoms with Gasteiger partial charge in [0.2, 0.25) is 0 Å². The number of aryl methyl sites for hydroxylation is 4. The normalized spacial score (nSPS) is 13.1. The van der Waals surface area contributed by atoms with E-state index in [9.17, 15) is 0 Å². The Kier molecular flexibility index (Phi) is 7.62. The average molecular weight is 576 g/mol. The first-order valence-electron chi connectivity index (χ1n) is 14.5. The van der Waals surface area contributed by atoms with Gasteiger partial charge < -0.3 is 13.1 Å². The number of rotatable bonds is 6. The summed E-state index contributed by atoms with van der Waals surface area (Å²) >= 11 is 0. The fourth-order valence-electron chi connectivity index (χ4n) is 6.03. The summed E-state index contributed by atoms with van der Waals surface area (Å²) in [6.45, 7) is 13.2. The van der Waals surface area contributed by atoms with Crippen LogP contribution in [0.2, 0.25) is 0 Å². The third-order valence-electron chi connectivity index (χ3n) is 8.83. The third-order valence-corrected chi connectivity index (χ3v) is 10.6. The summed E-state index contributed by atoms with van der Waals surface area (Å²) in [4.78, 5) is 0. The van der Waals surface area contributed by atoms with Crippen LogP contribution < -0.4 is 9.41 Å². The molecule has 2 atom stereocenters. The second-order valence-corrected chi connectivity index (χ2v) is 12.6. The van der Waals surface area contributed by atoms with Crippen molar-refractivity contribution in [2.45, 2.75) is 53.6 Å². The van der Waals surface area contributed by atoms with Crippen LogP contribution in [0.25, 0.3) is 32.7 Å². The molecule has 6 rings (SSSR count). The topological polar surface area (TPSA) is 38.8 Å². The molecule has 0 aliphatic heterocycles. The molecule has 0 fully saturated rings. The molecule has 0 amide bonds. The quantitative estimate of drug-likeness (QED) is 0.198. The second kappa shape index (κ2) is 11.4. The molecule has 1 heterocycles. The Balaban J connectivity index is 1.66. The maximum Gasteiger partial charge on any atom is 0.310 e. The van der Waals surface area contributed by atoms with Gasteiger partial charge in [0, 0.05) is 28.4 Å². The van der Waals surface area contributed by atoms with Gasteiger partial charge in [-0.1, -0.05) is 66.7 Å². The minimum absolute atomic E-state index is 0.0243. The lowest BCUT2D eigenvalue weighted by Gasteiger charge is -2.32. The van der Waals surface area contributed by atoms with Gasteiger partial charge in [-0.25, -0.2) is 0 Å². The SMILES string of the molecule is COc1ccccc1[C@H](C)N([C@@H](C)c1ccc2ccccc2c1)p1oc2ccc(C)c(C)c2c2c(C)c(C)ccc2o1. The fourth-order valence-corrected chi connectivity index (χ4v) is 7.72. The number of hydrogen-bond acceptors (Lipinski definition) is 4. The smallest absolute Gasteiger partial charge is 0.310 e. The lowest BCUT2D eigenvalue weighted by molar-refractivity contribution is 0.404. The molecule has 0 aliphatic carbocycles. The number of ether oxygens (including phenoxy) is 1. The summed E-state index contributed by atoms with van der Waals surface area (Å²) in [5, 5.41) is 4.69. The number of methoxy groups -OCH3 is 1. The van der Waals surface area contributed by atoms with E-state index in [1.54, 1.807) is 7.11 Å². The number of hydrogen-bond donors (Lipinski definition) is 0. The Labute approximate surface area is 249 Å². The molecule has 0 radical (unpaired) electrons. The van der Waals surface area contributed by atoms with Gasteiger partial charge in [0.25, 0.3) is 0 Å². The summed E-state index contributed by atoms with van der Waals surface area (Å²) < 4.78 is 22.2. The molecule has 0 saturated carbocycles. The first kappa shape index (κ1) is 28.2. The fraction of sp³-hybridized carbons (Fsp3) is 0.243. The number of nitrogens with zero attached hydrogens (tertiary/aromatic N) is 1. The molecule has 6 aromatic rings. The molecule has 0 aliphatic rings. The monoisotopic (exact) mass is 575 g/mol. The lowest BCUT2D eigenvalue weighted by Crippen LogP contribution is -2.27. The third kappa shape index (κ3) is 4.89. The van der Waals surface area contributed by atoms with Crippen LogP contribution in [0.3, 0.4) is 0 Å². The second-order valence-electron chi connectivity index (χ2n) is 11.3. The van der Waals surface area contributed by atoms with Crippen molar-refractivity contribution < 1.29 is 13.1 Å². The average Bonchev–Trinajstić information content (AvgIpc) is 3.18. The maximum atomic E-state index is 7.01. The van der Waals surface area contributed by atoms with E-state index in [0.29, 0.717) is 0 Å². The van der Waals surface area contributed by atoms with E-state index in [1.165, 1.54) is 38.6 Å². The minimum Gasteiger partial charge on any atom is -0.496 e. The van der Waals surface area contributed by atoms with Gasteiger partial charge in [0.05, 0.1) is 7.11 Å². The van der Waals surface area contributed by atoms with Crippen molar-refractivity contribution in [3.8, 4) is 5.75 Å². The van der Waals surface area contributed by atoms with Crippen molar-refractivity contribution >= 4 is 40.9 Å². The predicted octanol–water partition coefficient (Wildman–Crippen LogP) is 11.1. The van der Waals surface area contributed by atoms with E-state index in [2.05, 4.69) is 125 Å². The Morgan fingerprint density at radius 3 is 1.83 bits per heavy atom. The lowest BCUT2D eigenvalue weighted by atomic mass is 9.97. The van der Waals surface area contributed by atoms with Gasteiger partial charge in [0.1, 0.15) is 16.9 Å². The highest BCUT2D eigenvalue weighted by molar-refractivity contribution is 7.39. The van der Waals surface area contributed by atoms with Crippen LogP contribution in [0.1, 0.15) is 59.3 Å². The largest absolute Gasteiger partial charge is 0.496 e. The van der Waals surface area contributed by atoms with Crippen molar-refractivity contribution in [3.63, 3.8) is 0 Å². The van der Waals surface area contributed by atoms with Gasteiger partial charge in [-0.15, -0.1) is 0 Å². The molecular weight excluding hydrogens is 537 g/mol. The van der Waals surface area contributed by atoms with Crippen LogP contribution in [0.15, 0.2) is 99.4 Å². The van der Waals surface area contributed by atoms with Crippen molar-refractivity contribution in [1.29, 1.82) is 0 Å². The van der Waals surface area contributed by atoms with Crippen LogP contribution in [0.5, 0.6) is 5.75 Å². The summed E-state index contributed by atoms with van der Waals surface area (Å²) in [5.74, 6) is 0.851. The van der Waals surface area contributed by atoms with Crippen LogP contribution in [0.4, 0.5) is 0 Å². The number of para-hydroxylation sites is 1. The molecule has 214 valence electrons. The molecule has 1 aromatic heterocycles. The first-order chi connectivity index (χ1) is 20.3. The van der Waals surface area contributed by atoms with Crippen LogP contribution in [-0.2, 0) is 0 Å². The van der Waals surface area contributed by atoms with E-state index >= 15 is 0 Å². The molecule has 4 nitrogen and oxygen atoms in total. The van der Waals surface area contributed by atoms with E-state index < -0.39 is 8.16 Å². The zero-order valence-corrected chi connectivity index (χ0v) is 26.3. The molecule has 5 heteroatoms. The molecule has 0 unspecified atom stereocenters. The summed E-state index contributed by atoms with van der Waals surface area (Å²) in [5.41, 5.74) is 8.92. The van der Waals surface area contributed by atoms with Crippen LogP contribution in [0, 0.1) is 27.7 Å². The Morgan fingerprint density at radius 2 is 1.21 bits per heavy atom. The highest BCUT2D eigenvalue weighted by atomic mass is 31.1. The molecule has 5 aromatic carbocycles. The minimum atomic E-state index is -1.59. The van der Waals surface area contributed by atoms with Gasteiger partial charge in [-0.2, -0.15) is 4.67 Å². The highest BCUT2D eigenvalue weighted by Crippen LogP contribution is 2.48. The summed E-state index contributed by atoms with van der Waals surface area (Å²) in [6.07, 6.45) is 0. The standard InChI is InChI=1S/C37H38NO3P/c1-23-16-20-34-36(25(23)3)37-26(4)24(2)17-21-35(37)41-42(40-34)38(28(6)32-14-10-11-15-33(32)39-7)27(5)30-19-18-29-12-8-9-13-31(29)22-30/h8-22,27-28H,1-7H3/t27-,28-/m0/s1. The van der Waals surface area contributed by atoms with Crippen LogP contribution in [-0.4, -0.2) is 7.11 Å². The van der Waals surface area contributed by atoms with Crippen molar-refractivity contribution in [2.24, 2.45) is 0 Å². The highest BCUT2D eigenvalue weighted by Gasteiger charge is 2.31. The van der Waals surface area contributed by atoms with Gasteiger partial charge >= 0.3 is 8.16 Å². The van der Waals surface area contributed by atoms with E-state index in [-0.39, 0.29) is 12.1 Å². The molecular formula is C37H38NO3P. The zero-order chi connectivity index (χ0) is 29.5. The van der Waals surface area contributed by atoms with E-state index in [0.717, 1.165) is 33.3 Å².